The molecule has 1 heterocycles. The van der Waals surface area contributed by atoms with E-state index in [2.05, 4.69) is 10.6 Å². The molecule has 0 unspecified atom stereocenters. The number of carbonyl (C=O) groups excluding carboxylic acids is 4. The number of amides is 3. The number of nitrogens with one attached hydrogen (secondary N) is 2. The molecule has 2 fully saturated rings. The van der Waals surface area contributed by atoms with E-state index in [1.807, 2.05) is 30.3 Å². The van der Waals surface area contributed by atoms with Crippen molar-refractivity contribution in [2.24, 2.45) is 0 Å². The van der Waals surface area contributed by atoms with Gasteiger partial charge in [-0.2, -0.15) is 0 Å². The van der Waals surface area contributed by atoms with Gasteiger partial charge in [-0.1, -0.05) is 49.6 Å². The van der Waals surface area contributed by atoms with Crippen LogP contribution in [0.1, 0.15) is 57.4 Å². The molecular formula is C23H31N3O4. The lowest BCUT2D eigenvalue weighted by atomic mass is 9.95. The van der Waals surface area contributed by atoms with Crippen molar-refractivity contribution in [3.8, 4) is 0 Å². The Morgan fingerprint density at radius 3 is 2.37 bits per heavy atom. The molecular weight excluding hydrogens is 382 g/mol. The SMILES string of the molecule is CC(=O)N[C@@H](Cc1ccccc1)C(=O)N1CCC[C@H]1C(=O)C(=O)NC1CCCCC1. The first-order valence-corrected chi connectivity index (χ1v) is 10.9. The number of likely N-dealkylation sites (tertiary alicyclic amines) is 1. The molecule has 2 aliphatic rings. The standard InChI is InChI=1S/C23H31N3O4/c1-16(27)24-19(15-17-9-4-2-5-10-17)23(30)26-14-8-13-20(26)21(28)22(29)25-18-11-6-3-7-12-18/h2,4-5,9-10,18-20H,3,6-8,11-15H2,1H3,(H,24,27)(H,25,29)/t19-,20-/m0/s1. The Labute approximate surface area is 177 Å². The molecule has 0 aromatic heterocycles. The summed E-state index contributed by atoms with van der Waals surface area (Å²) in [6.45, 7) is 1.78. The maximum Gasteiger partial charge on any atom is 0.289 e. The number of benzene rings is 1. The third-order valence-electron chi connectivity index (χ3n) is 5.96. The van der Waals surface area contributed by atoms with Gasteiger partial charge in [-0.05, 0) is 31.2 Å². The van der Waals surface area contributed by atoms with Crippen LogP contribution in [0.4, 0.5) is 0 Å². The maximum absolute atomic E-state index is 13.2. The van der Waals surface area contributed by atoms with Gasteiger partial charge in [0.1, 0.15) is 12.1 Å². The molecule has 0 spiro atoms. The van der Waals surface area contributed by atoms with Crippen molar-refractivity contribution in [1.82, 2.24) is 15.5 Å². The van der Waals surface area contributed by atoms with Crippen molar-refractivity contribution < 1.29 is 19.2 Å². The number of nitrogens with zero attached hydrogens (tertiary/aromatic N) is 1. The Hall–Kier alpha value is -2.70. The van der Waals surface area contributed by atoms with E-state index in [0.717, 1.165) is 37.7 Å². The molecule has 2 atom stereocenters. The van der Waals surface area contributed by atoms with Crippen molar-refractivity contribution in [2.75, 3.05) is 6.54 Å². The van der Waals surface area contributed by atoms with Crippen molar-refractivity contribution in [2.45, 2.75) is 76.4 Å². The minimum atomic E-state index is -0.764. The number of hydrogen-bond donors (Lipinski definition) is 2. The van der Waals surface area contributed by atoms with Gasteiger partial charge < -0.3 is 15.5 Å². The van der Waals surface area contributed by atoms with Gasteiger partial charge in [0.2, 0.25) is 17.6 Å². The van der Waals surface area contributed by atoms with Crippen LogP contribution < -0.4 is 10.6 Å². The summed E-state index contributed by atoms with van der Waals surface area (Å²) in [6, 6.07) is 7.96. The third-order valence-corrected chi connectivity index (χ3v) is 5.96. The highest BCUT2D eigenvalue weighted by Gasteiger charge is 2.40. The Morgan fingerprint density at radius 1 is 1.00 bits per heavy atom. The van der Waals surface area contributed by atoms with Crippen LogP contribution in [0.15, 0.2) is 30.3 Å². The van der Waals surface area contributed by atoms with Crippen molar-refractivity contribution in [1.29, 1.82) is 0 Å². The summed E-state index contributed by atoms with van der Waals surface area (Å²) >= 11 is 0. The molecule has 1 saturated heterocycles. The average Bonchev–Trinajstić information content (AvgIpc) is 3.23. The summed E-state index contributed by atoms with van der Waals surface area (Å²) < 4.78 is 0. The zero-order chi connectivity index (χ0) is 21.5. The van der Waals surface area contributed by atoms with Crippen LogP contribution in [0.5, 0.6) is 0 Å². The first-order chi connectivity index (χ1) is 14.5. The number of Topliss-reactive ketones (excluding diaryl/α,β-unsaturated/α-hetero) is 1. The summed E-state index contributed by atoms with van der Waals surface area (Å²) in [5, 5.41) is 5.58. The summed E-state index contributed by atoms with van der Waals surface area (Å²) in [5.41, 5.74) is 0.918. The van der Waals surface area contributed by atoms with Crippen LogP contribution in [0.2, 0.25) is 0 Å². The number of ketones is 1. The molecule has 0 bridgehead atoms. The number of carbonyl (C=O) groups is 4. The van der Waals surface area contributed by atoms with E-state index in [1.54, 1.807) is 0 Å². The highest BCUT2D eigenvalue weighted by molar-refractivity contribution is 6.38. The first kappa shape index (κ1) is 22.0. The molecule has 1 saturated carbocycles. The fourth-order valence-electron chi connectivity index (χ4n) is 4.45. The molecule has 0 radical (unpaired) electrons. The van der Waals surface area contributed by atoms with E-state index in [0.29, 0.717) is 25.8 Å². The fourth-order valence-corrected chi connectivity index (χ4v) is 4.45. The Morgan fingerprint density at radius 2 is 1.70 bits per heavy atom. The Balaban J connectivity index is 1.67. The van der Waals surface area contributed by atoms with E-state index in [1.165, 1.54) is 11.8 Å². The van der Waals surface area contributed by atoms with Crippen LogP contribution >= 0.6 is 0 Å². The normalized spacial score (nSPS) is 20.4. The van der Waals surface area contributed by atoms with E-state index >= 15 is 0 Å². The topological polar surface area (TPSA) is 95.6 Å². The van der Waals surface area contributed by atoms with Gasteiger partial charge >= 0.3 is 0 Å². The average molecular weight is 414 g/mol. The highest BCUT2D eigenvalue weighted by atomic mass is 16.2. The van der Waals surface area contributed by atoms with Crippen molar-refractivity contribution >= 4 is 23.5 Å². The van der Waals surface area contributed by atoms with E-state index in [4.69, 9.17) is 0 Å². The second-order valence-corrected chi connectivity index (χ2v) is 8.31. The first-order valence-electron chi connectivity index (χ1n) is 10.9. The van der Waals surface area contributed by atoms with E-state index in [-0.39, 0.29) is 17.9 Å². The zero-order valence-electron chi connectivity index (χ0n) is 17.6. The molecule has 3 rings (SSSR count). The lowest BCUT2D eigenvalue weighted by Crippen LogP contribution is -2.54. The molecule has 3 amide bonds. The third kappa shape index (κ3) is 5.68. The minimum absolute atomic E-state index is 0.0472. The smallest absolute Gasteiger partial charge is 0.289 e. The Kier molecular flexibility index (Phi) is 7.60. The van der Waals surface area contributed by atoms with Crippen LogP contribution in [0.25, 0.3) is 0 Å². The van der Waals surface area contributed by atoms with Crippen LogP contribution in [0.3, 0.4) is 0 Å². The lowest BCUT2D eigenvalue weighted by molar-refractivity contribution is -0.145. The van der Waals surface area contributed by atoms with Gasteiger partial charge in [0.05, 0.1) is 0 Å². The maximum atomic E-state index is 13.2. The van der Waals surface area contributed by atoms with Crippen molar-refractivity contribution in [3.63, 3.8) is 0 Å². The summed E-state index contributed by atoms with van der Waals surface area (Å²) in [4.78, 5) is 51.8. The predicted molar refractivity (Wildman–Crippen MR) is 113 cm³/mol. The van der Waals surface area contributed by atoms with Crippen LogP contribution in [-0.4, -0.2) is 53.1 Å². The van der Waals surface area contributed by atoms with Gasteiger partial charge in [-0.25, -0.2) is 0 Å². The molecule has 7 nitrogen and oxygen atoms in total. The molecule has 1 aliphatic heterocycles. The van der Waals surface area contributed by atoms with Gasteiger partial charge in [-0.15, -0.1) is 0 Å². The summed E-state index contributed by atoms with van der Waals surface area (Å²) in [7, 11) is 0. The second kappa shape index (κ2) is 10.4. The van der Waals surface area contributed by atoms with Crippen LogP contribution in [0, 0.1) is 0 Å². The van der Waals surface area contributed by atoms with Crippen molar-refractivity contribution in [3.05, 3.63) is 35.9 Å². The number of rotatable bonds is 7. The quantitative estimate of drug-likeness (QED) is 0.666. The minimum Gasteiger partial charge on any atom is -0.347 e. The predicted octanol–water partition coefficient (Wildman–Crippen LogP) is 1.74. The molecule has 2 N–H and O–H groups in total. The van der Waals surface area contributed by atoms with Gasteiger partial charge in [0, 0.05) is 25.9 Å². The van der Waals surface area contributed by atoms with E-state index < -0.39 is 23.8 Å². The van der Waals surface area contributed by atoms with Gasteiger partial charge in [-0.3, -0.25) is 19.2 Å². The largest absolute Gasteiger partial charge is 0.347 e. The molecule has 1 aromatic rings. The Bertz CT molecular complexity index is 774. The lowest BCUT2D eigenvalue weighted by Gasteiger charge is -2.29. The monoisotopic (exact) mass is 413 g/mol. The van der Waals surface area contributed by atoms with Gasteiger partial charge in [0.15, 0.2) is 0 Å². The molecule has 30 heavy (non-hydrogen) atoms. The molecule has 1 aliphatic carbocycles. The molecule has 162 valence electrons. The molecule has 7 heteroatoms. The molecule has 1 aromatic carbocycles. The highest BCUT2D eigenvalue weighted by Crippen LogP contribution is 2.22. The number of hydrogen-bond acceptors (Lipinski definition) is 4. The summed E-state index contributed by atoms with van der Waals surface area (Å²) in [5.74, 6) is -1.75. The fraction of sp³-hybridized carbons (Fsp3) is 0.565. The van der Waals surface area contributed by atoms with Crippen LogP contribution in [-0.2, 0) is 25.6 Å². The van der Waals surface area contributed by atoms with E-state index in [9.17, 15) is 19.2 Å². The summed E-state index contributed by atoms with van der Waals surface area (Å²) in [6.07, 6.45) is 6.55. The second-order valence-electron chi connectivity index (χ2n) is 8.31. The zero-order valence-corrected chi connectivity index (χ0v) is 17.6. The van der Waals surface area contributed by atoms with Gasteiger partial charge in [0.25, 0.3) is 5.91 Å².